The molecule has 0 radical (unpaired) electrons. The molecule has 0 spiro atoms. The third-order valence-corrected chi connectivity index (χ3v) is 3.79. The molecule has 0 aliphatic heterocycles. The van der Waals surface area contributed by atoms with Crippen LogP contribution in [0, 0.1) is 5.92 Å². The van der Waals surface area contributed by atoms with Gasteiger partial charge in [0.15, 0.2) is 0 Å². The molecule has 1 aliphatic carbocycles. The van der Waals surface area contributed by atoms with Gasteiger partial charge in [0.2, 0.25) is 5.91 Å². The van der Waals surface area contributed by atoms with Gasteiger partial charge in [-0.25, -0.2) is 9.59 Å². The van der Waals surface area contributed by atoms with Gasteiger partial charge in [0.1, 0.15) is 5.60 Å². The van der Waals surface area contributed by atoms with Crippen LogP contribution in [0.15, 0.2) is 0 Å². The van der Waals surface area contributed by atoms with Gasteiger partial charge in [-0.1, -0.05) is 0 Å². The molecule has 1 saturated carbocycles. The summed E-state index contributed by atoms with van der Waals surface area (Å²) in [5.41, 5.74) is 2.14. The lowest BCUT2D eigenvalue weighted by Crippen LogP contribution is -2.57. The largest absolute Gasteiger partial charge is 0.472 e. The van der Waals surface area contributed by atoms with Gasteiger partial charge >= 0.3 is 24.3 Å². The minimum atomic E-state index is -5.16. The molecular formula is C15H23F3N4O6. The summed E-state index contributed by atoms with van der Waals surface area (Å²) in [6.45, 7) is 4.88. The minimum Gasteiger partial charge on any atom is -0.465 e. The Morgan fingerprint density at radius 2 is 1.57 bits per heavy atom. The van der Waals surface area contributed by atoms with Crippen molar-refractivity contribution in [3.05, 3.63) is 0 Å². The average molecular weight is 412 g/mol. The molecule has 0 bridgehead atoms. The third kappa shape index (κ3) is 7.88. The van der Waals surface area contributed by atoms with Crippen molar-refractivity contribution in [1.82, 2.24) is 21.5 Å². The normalized spacial score (nSPS) is 22.6. The monoisotopic (exact) mass is 412 g/mol. The summed E-state index contributed by atoms with van der Waals surface area (Å²) in [5.74, 6) is -4.08. The second kappa shape index (κ2) is 8.97. The number of alkyl carbamates (subject to hydrolysis) is 1. The van der Waals surface area contributed by atoms with E-state index in [1.807, 2.05) is 0 Å². The molecule has 0 aromatic heterocycles. The van der Waals surface area contributed by atoms with Gasteiger partial charge in [0.05, 0.1) is 12.1 Å². The molecule has 0 unspecified atom stereocenters. The molecule has 4 amide bonds. The quantitative estimate of drug-likeness (QED) is 0.438. The van der Waals surface area contributed by atoms with Crippen LogP contribution in [0.1, 0.15) is 40.0 Å². The maximum atomic E-state index is 12.2. The molecule has 0 aromatic carbocycles. The fourth-order valence-corrected chi connectivity index (χ4v) is 2.65. The number of carboxylic acid groups (broad SMARTS) is 1. The SMILES string of the molecule is CC(C)(C)OC(=O)N[C@@H]1C[C@@H](C(=O)NNC(=O)C(F)(F)F)CC[C@@H]1NC(=O)O. The highest BCUT2D eigenvalue weighted by Gasteiger charge is 2.40. The Morgan fingerprint density at radius 3 is 2.07 bits per heavy atom. The maximum Gasteiger partial charge on any atom is 0.472 e. The van der Waals surface area contributed by atoms with Gasteiger partial charge in [-0.2, -0.15) is 13.2 Å². The van der Waals surface area contributed by atoms with Crippen molar-refractivity contribution >= 4 is 24.0 Å². The van der Waals surface area contributed by atoms with Crippen LogP contribution in [-0.4, -0.2) is 53.0 Å². The number of carbonyl (C=O) groups is 4. The smallest absolute Gasteiger partial charge is 0.465 e. The van der Waals surface area contributed by atoms with Crippen molar-refractivity contribution in [2.45, 2.75) is 63.9 Å². The summed E-state index contributed by atoms with van der Waals surface area (Å²) in [4.78, 5) is 45.7. The summed E-state index contributed by atoms with van der Waals surface area (Å²) in [5, 5.41) is 13.6. The Bertz CT molecular complexity index is 620. The van der Waals surface area contributed by atoms with E-state index in [0.29, 0.717) is 0 Å². The standard InChI is InChI=1S/C15H23F3N4O6/c1-14(2,3)28-13(27)20-9-6-7(4-5-8(9)19-12(25)26)10(23)21-22-11(24)15(16,17)18/h7-9,19H,4-6H2,1-3H3,(H,20,27)(H,21,23)(H,22,24)(H,25,26)/t7-,8-,9+/m0/s1. The number of carbonyl (C=O) groups excluding carboxylic acids is 3. The first-order valence-electron chi connectivity index (χ1n) is 8.35. The number of hydrogen-bond donors (Lipinski definition) is 5. The first-order chi connectivity index (χ1) is 12.7. The fourth-order valence-electron chi connectivity index (χ4n) is 2.65. The van der Waals surface area contributed by atoms with Crippen LogP contribution in [0.4, 0.5) is 22.8 Å². The van der Waals surface area contributed by atoms with Crippen LogP contribution in [0.3, 0.4) is 0 Å². The highest BCUT2D eigenvalue weighted by Crippen LogP contribution is 2.25. The van der Waals surface area contributed by atoms with E-state index in [1.54, 1.807) is 26.2 Å². The molecule has 0 saturated heterocycles. The number of halogens is 3. The molecule has 1 fully saturated rings. The van der Waals surface area contributed by atoms with Crippen LogP contribution in [0.5, 0.6) is 0 Å². The summed E-state index contributed by atoms with van der Waals surface area (Å²) < 4.78 is 41.6. The minimum absolute atomic E-state index is 0.0715. The molecule has 1 aliphatic rings. The Labute approximate surface area is 158 Å². The zero-order chi connectivity index (χ0) is 21.7. The predicted molar refractivity (Wildman–Crippen MR) is 87.8 cm³/mol. The van der Waals surface area contributed by atoms with E-state index in [9.17, 15) is 32.3 Å². The van der Waals surface area contributed by atoms with E-state index in [4.69, 9.17) is 9.84 Å². The van der Waals surface area contributed by atoms with Crippen molar-refractivity contribution < 1.29 is 42.2 Å². The van der Waals surface area contributed by atoms with Crippen molar-refractivity contribution in [2.24, 2.45) is 5.92 Å². The van der Waals surface area contributed by atoms with Gasteiger partial charge in [-0.05, 0) is 40.0 Å². The molecule has 3 atom stereocenters. The fraction of sp³-hybridized carbons (Fsp3) is 0.733. The number of alkyl halides is 3. The van der Waals surface area contributed by atoms with Crippen molar-refractivity contribution in [3.63, 3.8) is 0 Å². The van der Waals surface area contributed by atoms with E-state index < -0.39 is 53.8 Å². The molecule has 1 rings (SSSR count). The van der Waals surface area contributed by atoms with Crippen LogP contribution >= 0.6 is 0 Å². The summed E-state index contributed by atoms with van der Waals surface area (Å²) in [6.07, 6.45) is -7.12. The van der Waals surface area contributed by atoms with E-state index in [2.05, 4.69) is 10.6 Å². The van der Waals surface area contributed by atoms with Crippen LogP contribution in [0.2, 0.25) is 0 Å². The molecule has 0 aromatic rings. The lowest BCUT2D eigenvalue weighted by atomic mass is 9.82. The van der Waals surface area contributed by atoms with Crippen LogP contribution < -0.4 is 21.5 Å². The topological polar surface area (TPSA) is 146 Å². The van der Waals surface area contributed by atoms with Gasteiger partial charge in [0.25, 0.3) is 0 Å². The molecular weight excluding hydrogens is 389 g/mol. The van der Waals surface area contributed by atoms with Crippen molar-refractivity contribution in [1.29, 1.82) is 0 Å². The zero-order valence-corrected chi connectivity index (χ0v) is 15.5. The summed E-state index contributed by atoms with van der Waals surface area (Å²) in [6, 6.07) is -1.56. The first-order valence-corrected chi connectivity index (χ1v) is 8.35. The lowest BCUT2D eigenvalue weighted by molar-refractivity contribution is -0.175. The van der Waals surface area contributed by atoms with Crippen molar-refractivity contribution in [2.75, 3.05) is 0 Å². The Balaban J connectivity index is 2.74. The summed E-state index contributed by atoms with van der Waals surface area (Å²) >= 11 is 0. The Morgan fingerprint density at radius 1 is 0.964 bits per heavy atom. The van der Waals surface area contributed by atoms with Gasteiger partial charge in [-0.15, -0.1) is 0 Å². The lowest BCUT2D eigenvalue weighted by Gasteiger charge is -2.36. The van der Waals surface area contributed by atoms with E-state index in [-0.39, 0.29) is 19.3 Å². The van der Waals surface area contributed by atoms with Gasteiger partial charge < -0.3 is 20.5 Å². The maximum absolute atomic E-state index is 12.2. The van der Waals surface area contributed by atoms with E-state index in [1.165, 1.54) is 5.43 Å². The van der Waals surface area contributed by atoms with Gasteiger partial charge in [-0.3, -0.25) is 20.4 Å². The highest BCUT2D eigenvalue weighted by atomic mass is 19.4. The van der Waals surface area contributed by atoms with Crippen LogP contribution in [-0.2, 0) is 14.3 Å². The third-order valence-electron chi connectivity index (χ3n) is 3.79. The summed E-state index contributed by atoms with van der Waals surface area (Å²) in [7, 11) is 0. The zero-order valence-electron chi connectivity index (χ0n) is 15.5. The highest BCUT2D eigenvalue weighted by molar-refractivity contribution is 5.86. The molecule has 160 valence electrons. The average Bonchev–Trinajstić information content (AvgIpc) is 2.50. The molecule has 28 heavy (non-hydrogen) atoms. The first kappa shape index (κ1) is 23.3. The molecule has 0 heterocycles. The number of rotatable bonds is 3. The Hall–Kier alpha value is -2.73. The number of ether oxygens (including phenoxy) is 1. The van der Waals surface area contributed by atoms with Crippen molar-refractivity contribution in [3.8, 4) is 0 Å². The number of nitrogens with one attached hydrogen (secondary N) is 4. The Kier molecular flexibility index (Phi) is 7.47. The molecule has 5 N–H and O–H groups in total. The predicted octanol–water partition coefficient (Wildman–Crippen LogP) is 1.03. The second-order valence-electron chi connectivity index (χ2n) is 7.26. The number of hydrogen-bond acceptors (Lipinski definition) is 5. The van der Waals surface area contributed by atoms with Gasteiger partial charge in [0, 0.05) is 5.92 Å². The number of hydrazine groups is 1. The second-order valence-corrected chi connectivity index (χ2v) is 7.26. The molecule has 10 nitrogen and oxygen atoms in total. The van der Waals surface area contributed by atoms with E-state index >= 15 is 0 Å². The number of amides is 4. The molecule has 13 heteroatoms. The van der Waals surface area contributed by atoms with Crippen LogP contribution in [0.25, 0.3) is 0 Å². The van der Waals surface area contributed by atoms with E-state index in [0.717, 1.165) is 0 Å².